The van der Waals surface area contributed by atoms with Crippen molar-refractivity contribution in [3.05, 3.63) is 47.3 Å². The standard InChI is InChI=1S/C24H28N6O/c1-15(2)20(31)21-27-22-18(13-25)16(3)19(17-9-7-6-8-10-17)23(30(22)28-21)29-12-11-24(4,14-29)26-5/h6-10,15,26H,11-12,14H2,1-5H3/t24-/m0/s1. The molecule has 1 aliphatic rings. The molecule has 1 aromatic carbocycles. The molecule has 1 aliphatic heterocycles. The summed E-state index contributed by atoms with van der Waals surface area (Å²) in [7, 11) is 1.98. The summed E-state index contributed by atoms with van der Waals surface area (Å²) in [5.74, 6) is 0.694. The van der Waals surface area contributed by atoms with E-state index in [9.17, 15) is 10.1 Å². The molecule has 1 saturated heterocycles. The number of pyridine rings is 1. The second-order valence-corrected chi connectivity index (χ2v) is 8.85. The van der Waals surface area contributed by atoms with Crippen LogP contribution in [0.4, 0.5) is 5.82 Å². The van der Waals surface area contributed by atoms with Crippen LogP contribution in [0.3, 0.4) is 0 Å². The van der Waals surface area contributed by atoms with E-state index < -0.39 is 0 Å². The number of rotatable bonds is 5. The molecule has 0 unspecified atom stereocenters. The zero-order valence-electron chi connectivity index (χ0n) is 18.7. The van der Waals surface area contributed by atoms with E-state index >= 15 is 0 Å². The molecular weight excluding hydrogens is 388 g/mol. The Balaban J connectivity index is 2.06. The Morgan fingerprint density at radius 2 is 2.00 bits per heavy atom. The van der Waals surface area contributed by atoms with Crippen molar-refractivity contribution in [3.63, 3.8) is 0 Å². The fourth-order valence-electron chi connectivity index (χ4n) is 4.27. The summed E-state index contributed by atoms with van der Waals surface area (Å²) in [6, 6.07) is 12.4. The van der Waals surface area contributed by atoms with Gasteiger partial charge in [-0.1, -0.05) is 44.2 Å². The summed E-state index contributed by atoms with van der Waals surface area (Å²) in [6.07, 6.45) is 0.977. The first-order valence-corrected chi connectivity index (χ1v) is 10.7. The fourth-order valence-corrected chi connectivity index (χ4v) is 4.27. The molecule has 1 N–H and O–H groups in total. The molecule has 3 heterocycles. The SMILES string of the molecule is CN[C@@]1(C)CCN(c2c(-c3ccccc3)c(C)c(C#N)c3nc(C(=O)C(C)C)nn23)C1. The number of hydrogen-bond acceptors (Lipinski definition) is 6. The van der Waals surface area contributed by atoms with Crippen molar-refractivity contribution < 1.29 is 4.79 Å². The predicted octanol–water partition coefficient (Wildman–Crippen LogP) is 3.60. The van der Waals surface area contributed by atoms with E-state index in [0.29, 0.717) is 11.2 Å². The maximum absolute atomic E-state index is 12.7. The number of nitriles is 1. The molecule has 3 aromatic rings. The van der Waals surface area contributed by atoms with E-state index in [0.717, 1.165) is 42.0 Å². The number of hydrogen-bond donors (Lipinski definition) is 1. The van der Waals surface area contributed by atoms with Crippen LogP contribution in [0.1, 0.15) is 48.9 Å². The van der Waals surface area contributed by atoms with Gasteiger partial charge in [-0.25, -0.2) is 4.98 Å². The van der Waals surface area contributed by atoms with Crippen LogP contribution in [0.5, 0.6) is 0 Å². The lowest BCUT2D eigenvalue weighted by Crippen LogP contribution is -2.42. The van der Waals surface area contributed by atoms with Gasteiger partial charge in [-0.05, 0) is 38.4 Å². The molecule has 31 heavy (non-hydrogen) atoms. The number of aromatic nitrogens is 3. The van der Waals surface area contributed by atoms with Crippen LogP contribution < -0.4 is 10.2 Å². The van der Waals surface area contributed by atoms with E-state index in [1.165, 1.54) is 0 Å². The van der Waals surface area contributed by atoms with Gasteiger partial charge in [-0.2, -0.15) is 9.78 Å². The van der Waals surface area contributed by atoms with E-state index in [1.54, 1.807) is 4.52 Å². The summed E-state index contributed by atoms with van der Waals surface area (Å²) in [4.78, 5) is 19.5. The first-order valence-electron chi connectivity index (χ1n) is 10.7. The molecule has 0 saturated carbocycles. The highest BCUT2D eigenvalue weighted by Crippen LogP contribution is 2.39. The van der Waals surface area contributed by atoms with Gasteiger partial charge in [0, 0.05) is 30.1 Å². The highest BCUT2D eigenvalue weighted by molar-refractivity contribution is 5.95. The zero-order valence-corrected chi connectivity index (χ0v) is 18.7. The Kier molecular flexibility index (Phi) is 5.28. The molecule has 7 nitrogen and oxygen atoms in total. The number of Topliss-reactive ketones (excluding diaryl/α,β-unsaturated/α-hetero) is 1. The van der Waals surface area contributed by atoms with Crippen LogP contribution in [0, 0.1) is 24.2 Å². The van der Waals surface area contributed by atoms with Gasteiger partial charge in [-0.15, -0.1) is 5.10 Å². The summed E-state index contributed by atoms with van der Waals surface area (Å²) < 4.78 is 1.71. The zero-order chi connectivity index (χ0) is 22.3. The topological polar surface area (TPSA) is 86.3 Å². The minimum atomic E-state index is -0.222. The third-order valence-corrected chi connectivity index (χ3v) is 6.30. The van der Waals surface area contributed by atoms with Gasteiger partial charge in [0.1, 0.15) is 17.5 Å². The van der Waals surface area contributed by atoms with Crippen molar-refractivity contribution in [2.75, 3.05) is 25.0 Å². The number of likely N-dealkylation sites (N-methyl/N-ethyl adjacent to an activating group) is 1. The lowest BCUT2D eigenvalue weighted by atomic mass is 9.97. The summed E-state index contributed by atoms with van der Waals surface area (Å²) in [5.41, 5.74) is 3.69. The third-order valence-electron chi connectivity index (χ3n) is 6.30. The Morgan fingerprint density at radius 1 is 1.29 bits per heavy atom. The predicted molar refractivity (Wildman–Crippen MR) is 121 cm³/mol. The van der Waals surface area contributed by atoms with Crippen LogP contribution in [0.25, 0.3) is 16.8 Å². The fraction of sp³-hybridized carbons (Fsp3) is 0.417. The summed E-state index contributed by atoms with van der Waals surface area (Å²) in [6.45, 7) is 9.45. The second-order valence-electron chi connectivity index (χ2n) is 8.85. The first kappa shape index (κ1) is 21.0. The molecule has 4 rings (SSSR count). The highest BCUT2D eigenvalue weighted by atomic mass is 16.1. The molecule has 0 amide bonds. The van der Waals surface area contributed by atoms with E-state index in [1.807, 2.05) is 58.2 Å². The number of benzene rings is 1. The lowest BCUT2D eigenvalue weighted by molar-refractivity contribution is 0.0929. The number of carbonyl (C=O) groups excluding carboxylic acids is 1. The smallest absolute Gasteiger partial charge is 0.218 e. The number of ketones is 1. The molecule has 2 aromatic heterocycles. The number of nitrogens with zero attached hydrogens (tertiary/aromatic N) is 5. The van der Waals surface area contributed by atoms with Crippen molar-refractivity contribution >= 4 is 17.2 Å². The van der Waals surface area contributed by atoms with E-state index in [4.69, 9.17) is 0 Å². The number of carbonyl (C=O) groups is 1. The molecule has 0 bridgehead atoms. The van der Waals surface area contributed by atoms with Crippen molar-refractivity contribution in [1.29, 1.82) is 5.26 Å². The van der Waals surface area contributed by atoms with Crippen LogP contribution in [-0.2, 0) is 0 Å². The van der Waals surface area contributed by atoms with Crippen molar-refractivity contribution in [2.45, 2.75) is 39.7 Å². The second kappa shape index (κ2) is 7.78. The van der Waals surface area contributed by atoms with Gasteiger partial charge in [0.05, 0.1) is 0 Å². The third kappa shape index (κ3) is 3.47. The van der Waals surface area contributed by atoms with E-state index in [2.05, 4.69) is 33.3 Å². The molecule has 7 heteroatoms. The number of nitrogens with one attached hydrogen (secondary N) is 1. The molecule has 1 atom stereocenters. The highest BCUT2D eigenvalue weighted by Gasteiger charge is 2.36. The molecule has 0 aliphatic carbocycles. The molecular formula is C24H28N6O. The van der Waals surface area contributed by atoms with Crippen molar-refractivity contribution in [3.8, 4) is 17.2 Å². The normalized spacial score (nSPS) is 18.7. The van der Waals surface area contributed by atoms with Crippen molar-refractivity contribution in [1.82, 2.24) is 19.9 Å². The maximum atomic E-state index is 12.7. The Hall–Kier alpha value is -3.24. The minimum Gasteiger partial charge on any atom is -0.354 e. The molecule has 1 fully saturated rings. The van der Waals surface area contributed by atoms with Crippen LogP contribution in [0.15, 0.2) is 30.3 Å². The Labute approximate surface area is 182 Å². The van der Waals surface area contributed by atoms with Crippen molar-refractivity contribution in [2.24, 2.45) is 5.92 Å². The lowest BCUT2D eigenvalue weighted by Gasteiger charge is -2.27. The van der Waals surface area contributed by atoms with Crippen LogP contribution in [0.2, 0.25) is 0 Å². The van der Waals surface area contributed by atoms with E-state index in [-0.39, 0.29) is 23.1 Å². The average molecular weight is 417 g/mol. The van der Waals surface area contributed by atoms with Gasteiger partial charge >= 0.3 is 0 Å². The molecule has 0 spiro atoms. The van der Waals surface area contributed by atoms with Gasteiger partial charge in [0.2, 0.25) is 11.6 Å². The maximum Gasteiger partial charge on any atom is 0.218 e. The molecule has 0 radical (unpaired) electrons. The number of anilines is 1. The van der Waals surface area contributed by atoms with Gasteiger partial charge in [0.15, 0.2) is 5.65 Å². The monoisotopic (exact) mass is 416 g/mol. The Bertz CT molecular complexity index is 1190. The Morgan fingerprint density at radius 3 is 2.58 bits per heavy atom. The summed E-state index contributed by atoms with van der Waals surface area (Å²) >= 11 is 0. The van der Waals surface area contributed by atoms with Gasteiger partial charge in [-0.3, -0.25) is 4.79 Å². The minimum absolute atomic E-state index is 0.0285. The van der Waals surface area contributed by atoms with Crippen LogP contribution in [-0.4, -0.2) is 46.1 Å². The first-order chi connectivity index (χ1) is 14.8. The molecule has 160 valence electrons. The average Bonchev–Trinajstić information content (AvgIpc) is 3.37. The summed E-state index contributed by atoms with van der Waals surface area (Å²) in [5, 5.41) is 18.0. The quantitative estimate of drug-likeness (QED) is 0.640. The largest absolute Gasteiger partial charge is 0.354 e. The van der Waals surface area contributed by atoms with Crippen LogP contribution >= 0.6 is 0 Å². The van der Waals surface area contributed by atoms with Gasteiger partial charge in [0.25, 0.3) is 0 Å². The number of fused-ring (bicyclic) bond motifs is 1. The van der Waals surface area contributed by atoms with Gasteiger partial charge < -0.3 is 10.2 Å².